The van der Waals surface area contributed by atoms with Gasteiger partial charge in [-0.2, -0.15) is 4.98 Å². The van der Waals surface area contributed by atoms with E-state index in [1.54, 1.807) is 18.2 Å². The summed E-state index contributed by atoms with van der Waals surface area (Å²) in [6.07, 6.45) is 0.581. The first-order valence-corrected chi connectivity index (χ1v) is 9.11. The van der Waals surface area contributed by atoms with E-state index >= 15 is 0 Å². The molecule has 2 unspecified atom stereocenters. The molecule has 1 saturated heterocycles. The third kappa shape index (κ3) is 4.40. The zero-order valence-corrected chi connectivity index (χ0v) is 15.6. The van der Waals surface area contributed by atoms with Crippen LogP contribution >= 0.6 is 0 Å². The number of hydrogen-bond donors (Lipinski definition) is 2. The van der Waals surface area contributed by atoms with Crippen molar-refractivity contribution in [2.45, 2.75) is 18.5 Å². The normalized spacial score (nSPS) is 19.3. The number of rotatable bonds is 4. The maximum absolute atomic E-state index is 13.2. The average Bonchev–Trinajstić information content (AvgIpc) is 3.29. The zero-order chi connectivity index (χ0) is 20.4. The molecule has 7 nitrogen and oxygen atoms in total. The minimum Gasteiger partial charge on any atom is -0.337 e. The van der Waals surface area contributed by atoms with E-state index in [0.717, 1.165) is 0 Å². The van der Waals surface area contributed by atoms with Gasteiger partial charge in [0.2, 0.25) is 11.7 Å². The van der Waals surface area contributed by atoms with Crippen molar-refractivity contribution < 1.29 is 18.1 Å². The molecule has 2 heterocycles. The Morgan fingerprint density at radius 2 is 1.97 bits per heavy atom. The van der Waals surface area contributed by atoms with E-state index in [0.29, 0.717) is 35.9 Å². The molecule has 0 radical (unpaired) electrons. The summed E-state index contributed by atoms with van der Waals surface area (Å²) < 4.78 is 31.7. The smallest absolute Gasteiger partial charge is 0.319 e. The Morgan fingerprint density at radius 1 is 1.17 bits per heavy atom. The Kier molecular flexibility index (Phi) is 5.22. The molecule has 0 saturated carbocycles. The van der Waals surface area contributed by atoms with Gasteiger partial charge in [0.1, 0.15) is 11.6 Å². The van der Waals surface area contributed by atoms with E-state index < -0.39 is 11.8 Å². The predicted octanol–water partition coefficient (Wildman–Crippen LogP) is 3.58. The molecule has 4 rings (SSSR count). The maximum atomic E-state index is 13.2. The second-order valence-electron chi connectivity index (χ2n) is 6.96. The van der Waals surface area contributed by atoms with Gasteiger partial charge in [0, 0.05) is 23.8 Å². The van der Waals surface area contributed by atoms with Crippen molar-refractivity contribution in [1.82, 2.24) is 20.4 Å². The van der Waals surface area contributed by atoms with Gasteiger partial charge in [-0.15, -0.1) is 0 Å². The van der Waals surface area contributed by atoms with E-state index in [1.807, 2.05) is 11.9 Å². The molecule has 2 atom stereocenters. The highest BCUT2D eigenvalue weighted by molar-refractivity contribution is 5.89. The lowest BCUT2D eigenvalue weighted by molar-refractivity contribution is 0.243. The highest BCUT2D eigenvalue weighted by Crippen LogP contribution is 2.31. The van der Waals surface area contributed by atoms with Crippen LogP contribution in [-0.4, -0.2) is 40.7 Å². The average molecular weight is 399 g/mol. The molecule has 2 amide bonds. The fraction of sp³-hybridized carbons (Fsp3) is 0.250. The summed E-state index contributed by atoms with van der Waals surface area (Å²) in [7, 11) is 1.90. The Labute approximate surface area is 165 Å². The number of likely N-dealkylation sites (N-methyl/N-ethyl adjacent to an activating group) is 1. The van der Waals surface area contributed by atoms with Crippen LogP contribution in [0.3, 0.4) is 0 Å². The number of carbonyl (C=O) groups is 1. The molecule has 29 heavy (non-hydrogen) atoms. The second kappa shape index (κ2) is 7.96. The fourth-order valence-corrected chi connectivity index (χ4v) is 3.40. The third-order valence-corrected chi connectivity index (χ3v) is 4.80. The van der Waals surface area contributed by atoms with E-state index in [1.165, 1.54) is 30.3 Å². The number of halogens is 2. The van der Waals surface area contributed by atoms with Crippen LogP contribution in [0.4, 0.5) is 19.3 Å². The Morgan fingerprint density at radius 3 is 2.72 bits per heavy atom. The number of nitrogens with zero attached hydrogens (tertiary/aromatic N) is 3. The quantitative estimate of drug-likeness (QED) is 0.701. The summed E-state index contributed by atoms with van der Waals surface area (Å²) in [5.41, 5.74) is 1.04. The largest absolute Gasteiger partial charge is 0.337 e. The number of anilines is 1. The highest BCUT2D eigenvalue weighted by Gasteiger charge is 2.35. The summed E-state index contributed by atoms with van der Waals surface area (Å²) >= 11 is 0. The first-order chi connectivity index (χ1) is 14.0. The third-order valence-electron chi connectivity index (χ3n) is 4.80. The van der Waals surface area contributed by atoms with Crippen LogP contribution in [0.1, 0.15) is 18.4 Å². The molecule has 0 bridgehead atoms. The number of nitrogens with one attached hydrogen (secondary N) is 2. The Hall–Kier alpha value is -3.33. The second-order valence-corrected chi connectivity index (χ2v) is 6.96. The van der Waals surface area contributed by atoms with E-state index in [9.17, 15) is 13.6 Å². The van der Waals surface area contributed by atoms with Gasteiger partial charge in [-0.1, -0.05) is 11.2 Å². The molecule has 1 aliphatic rings. The fourth-order valence-electron chi connectivity index (χ4n) is 3.40. The molecule has 150 valence electrons. The van der Waals surface area contributed by atoms with Crippen LogP contribution in [-0.2, 0) is 0 Å². The molecule has 1 aromatic heterocycles. The first-order valence-electron chi connectivity index (χ1n) is 9.11. The van der Waals surface area contributed by atoms with Crippen molar-refractivity contribution in [2.75, 3.05) is 18.9 Å². The van der Waals surface area contributed by atoms with Crippen LogP contribution in [0.2, 0.25) is 0 Å². The van der Waals surface area contributed by atoms with Crippen LogP contribution in [0, 0.1) is 11.6 Å². The van der Waals surface area contributed by atoms with Gasteiger partial charge in [-0.05, 0) is 55.9 Å². The summed E-state index contributed by atoms with van der Waals surface area (Å²) in [4.78, 5) is 18.6. The maximum Gasteiger partial charge on any atom is 0.319 e. The topological polar surface area (TPSA) is 83.3 Å². The molecular weight excluding hydrogens is 380 g/mol. The number of hydrogen-bond acceptors (Lipinski definition) is 5. The van der Waals surface area contributed by atoms with Crippen LogP contribution in [0.5, 0.6) is 0 Å². The molecule has 3 aromatic rings. The van der Waals surface area contributed by atoms with Crippen molar-refractivity contribution >= 4 is 11.7 Å². The molecule has 1 aliphatic heterocycles. The van der Waals surface area contributed by atoms with Crippen molar-refractivity contribution in [3.63, 3.8) is 0 Å². The summed E-state index contributed by atoms with van der Waals surface area (Å²) in [6, 6.07) is 10.8. The number of likely N-dealkylation sites (tertiary alicyclic amines) is 1. The minimum absolute atomic E-state index is 0.139. The molecule has 9 heteroatoms. The summed E-state index contributed by atoms with van der Waals surface area (Å²) in [5, 5.41) is 9.47. The molecule has 2 N–H and O–H groups in total. The number of urea groups is 1. The van der Waals surface area contributed by atoms with E-state index in [-0.39, 0.29) is 17.9 Å². The molecule has 0 aliphatic carbocycles. The zero-order valence-electron chi connectivity index (χ0n) is 15.6. The Bertz CT molecular complexity index is 1010. The number of amides is 2. The lowest BCUT2D eigenvalue weighted by Crippen LogP contribution is -2.39. The SMILES string of the molecule is CN1CC(NC(=O)Nc2cccc(F)c2)CC1c1nc(-c2ccc(F)cc2)no1. The van der Waals surface area contributed by atoms with Gasteiger partial charge in [-0.25, -0.2) is 13.6 Å². The predicted molar refractivity (Wildman–Crippen MR) is 102 cm³/mol. The van der Waals surface area contributed by atoms with Crippen molar-refractivity contribution in [3.8, 4) is 11.4 Å². The van der Waals surface area contributed by atoms with Crippen LogP contribution in [0.25, 0.3) is 11.4 Å². The molecule has 0 spiro atoms. The highest BCUT2D eigenvalue weighted by atomic mass is 19.1. The number of aromatic nitrogens is 2. The number of carbonyl (C=O) groups excluding carboxylic acids is 1. The Balaban J connectivity index is 1.38. The van der Waals surface area contributed by atoms with E-state index in [2.05, 4.69) is 20.8 Å². The van der Waals surface area contributed by atoms with Gasteiger partial charge in [-0.3, -0.25) is 4.90 Å². The standard InChI is InChI=1S/C20H19F2N5O2/c1-27-11-16(24-20(28)23-15-4-2-3-14(22)9-15)10-17(27)19-25-18(26-29-19)12-5-7-13(21)8-6-12/h2-9,16-17H,10-11H2,1H3,(H2,23,24,28). The monoisotopic (exact) mass is 399 g/mol. The molecule has 2 aromatic carbocycles. The molecule has 1 fully saturated rings. The summed E-state index contributed by atoms with van der Waals surface area (Å²) in [5.74, 6) is 0.0607. The van der Waals surface area contributed by atoms with Crippen molar-refractivity contribution in [1.29, 1.82) is 0 Å². The van der Waals surface area contributed by atoms with Crippen molar-refractivity contribution in [2.24, 2.45) is 0 Å². The first kappa shape index (κ1) is 19.0. The van der Waals surface area contributed by atoms with Gasteiger partial charge >= 0.3 is 6.03 Å². The minimum atomic E-state index is -0.420. The van der Waals surface area contributed by atoms with Gasteiger partial charge < -0.3 is 15.2 Å². The van der Waals surface area contributed by atoms with Gasteiger partial charge in [0.05, 0.1) is 6.04 Å². The van der Waals surface area contributed by atoms with E-state index in [4.69, 9.17) is 4.52 Å². The van der Waals surface area contributed by atoms with Crippen molar-refractivity contribution in [3.05, 3.63) is 66.1 Å². The molecular formula is C20H19F2N5O2. The lowest BCUT2D eigenvalue weighted by atomic mass is 10.1. The van der Waals surface area contributed by atoms with Gasteiger partial charge in [0.15, 0.2) is 0 Å². The van der Waals surface area contributed by atoms with Crippen LogP contribution < -0.4 is 10.6 Å². The van der Waals surface area contributed by atoms with Crippen LogP contribution in [0.15, 0.2) is 53.1 Å². The number of benzene rings is 2. The lowest BCUT2D eigenvalue weighted by Gasteiger charge is -2.14. The summed E-state index contributed by atoms with van der Waals surface area (Å²) in [6.45, 7) is 0.593. The van der Waals surface area contributed by atoms with Gasteiger partial charge in [0.25, 0.3) is 0 Å².